The number of aryl methyl sites for hydroxylation is 1. The van der Waals surface area contributed by atoms with E-state index in [4.69, 9.17) is 9.47 Å². The molecule has 25 heavy (non-hydrogen) atoms. The van der Waals surface area contributed by atoms with Gasteiger partial charge in [0.25, 0.3) is 0 Å². The summed E-state index contributed by atoms with van der Waals surface area (Å²) in [4.78, 5) is 0. The summed E-state index contributed by atoms with van der Waals surface area (Å²) in [7, 11) is 1.72. The highest BCUT2D eigenvalue weighted by Gasteiger charge is 2.53. The molecule has 1 unspecified atom stereocenters. The lowest BCUT2D eigenvalue weighted by atomic mass is 9.47. The number of hydrogen-bond donors (Lipinski definition) is 0. The van der Waals surface area contributed by atoms with Gasteiger partial charge in [-0.15, -0.1) is 0 Å². The molecule has 3 rings (SSSR count). The Kier molecular flexibility index (Phi) is 5.10. The van der Waals surface area contributed by atoms with Gasteiger partial charge in [0.15, 0.2) is 0 Å². The fourth-order valence-corrected chi connectivity index (χ4v) is 6.07. The highest BCUT2D eigenvalue weighted by Crippen LogP contribution is 2.61. The molecule has 0 spiro atoms. The van der Waals surface area contributed by atoms with Crippen molar-refractivity contribution >= 4 is 0 Å². The van der Waals surface area contributed by atoms with Crippen molar-refractivity contribution in [2.24, 2.45) is 28.6 Å². The Bertz CT molecular complexity index is 606. The predicted octanol–water partition coefficient (Wildman–Crippen LogP) is 6.26. The van der Waals surface area contributed by atoms with Gasteiger partial charge in [0.1, 0.15) is 11.5 Å². The second kappa shape index (κ2) is 6.85. The lowest BCUT2D eigenvalue weighted by Crippen LogP contribution is -2.52. The molecule has 2 heteroatoms. The van der Waals surface area contributed by atoms with Crippen molar-refractivity contribution in [3.8, 4) is 11.5 Å². The Morgan fingerprint density at radius 1 is 1.04 bits per heavy atom. The Morgan fingerprint density at radius 2 is 1.76 bits per heavy atom. The maximum absolute atomic E-state index is 6.34. The van der Waals surface area contributed by atoms with Crippen LogP contribution in [0.2, 0.25) is 0 Å². The van der Waals surface area contributed by atoms with E-state index in [-0.39, 0.29) is 0 Å². The van der Waals surface area contributed by atoms with Crippen LogP contribution in [0.1, 0.15) is 65.4 Å². The van der Waals surface area contributed by atoms with Crippen molar-refractivity contribution in [2.45, 2.75) is 66.7 Å². The second-order valence-corrected chi connectivity index (χ2v) is 9.56. The van der Waals surface area contributed by atoms with Crippen molar-refractivity contribution in [1.29, 1.82) is 0 Å². The van der Waals surface area contributed by atoms with Crippen LogP contribution in [0.4, 0.5) is 0 Å². The number of rotatable bonds is 4. The van der Waals surface area contributed by atoms with E-state index in [1.54, 1.807) is 7.11 Å². The number of benzene rings is 1. The van der Waals surface area contributed by atoms with E-state index in [0.717, 1.165) is 29.9 Å². The Labute approximate surface area is 154 Å². The van der Waals surface area contributed by atoms with Crippen LogP contribution in [0.25, 0.3) is 0 Å². The molecule has 0 amide bonds. The van der Waals surface area contributed by atoms with E-state index in [1.807, 2.05) is 6.07 Å². The first kappa shape index (κ1) is 18.6. The summed E-state index contributed by atoms with van der Waals surface area (Å²) in [5.74, 6) is 4.03. The zero-order chi connectivity index (χ0) is 18.2. The van der Waals surface area contributed by atoms with Crippen LogP contribution in [0.3, 0.4) is 0 Å². The van der Waals surface area contributed by atoms with Gasteiger partial charge in [-0.25, -0.2) is 0 Å². The summed E-state index contributed by atoms with van der Waals surface area (Å²) < 4.78 is 11.7. The van der Waals surface area contributed by atoms with Gasteiger partial charge >= 0.3 is 0 Å². The number of hydrogen-bond acceptors (Lipinski definition) is 2. The third-order valence-corrected chi connectivity index (χ3v) is 7.41. The SMILES string of the molecule is COc1cc(C)cc(OC[C@H]2C(C)CC[C@H]3C(C)(C)CCC[C@]23C)c1. The molecule has 1 aromatic carbocycles. The summed E-state index contributed by atoms with van der Waals surface area (Å²) in [5.41, 5.74) is 2.07. The van der Waals surface area contributed by atoms with Crippen molar-refractivity contribution in [1.82, 2.24) is 0 Å². The normalized spacial score (nSPS) is 34.2. The Morgan fingerprint density at radius 3 is 2.48 bits per heavy atom. The lowest BCUT2D eigenvalue weighted by Gasteiger charge is -2.59. The molecular formula is C23H36O2. The summed E-state index contributed by atoms with van der Waals surface area (Å²) >= 11 is 0. The zero-order valence-corrected chi connectivity index (χ0v) is 17.0. The second-order valence-electron chi connectivity index (χ2n) is 9.56. The van der Waals surface area contributed by atoms with Crippen LogP contribution in [0.5, 0.6) is 11.5 Å². The molecule has 0 N–H and O–H groups in total. The molecule has 4 atom stereocenters. The van der Waals surface area contributed by atoms with Crippen LogP contribution in [0, 0.1) is 35.5 Å². The minimum Gasteiger partial charge on any atom is -0.497 e. The lowest BCUT2D eigenvalue weighted by molar-refractivity contribution is -0.105. The van der Waals surface area contributed by atoms with E-state index in [9.17, 15) is 0 Å². The maximum Gasteiger partial charge on any atom is 0.123 e. The van der Waals surface area contributed by atoms with Crippen LogP contribution < -0.4 is 9.47 Å². The molecule has 2 aliphatic rings. The van der Waals surface area contributed by atoms with Gasteiger partial charge in [0.05, 0.1) is 13.7 Å². The number of ether oxygens (including phenoxy) is 2. The maximum atomic E-state index is 6.34. The quantitative estimate of drug-likeness (QED) is 0.641. The number of fused-ring (bicyclic) bond motifs is 1. The van der Waals surface area contributed by atoms with E-state index in [1.165, 1.54) is 37.7 Å². The third kappa shape index (κ3) is 3.55. The minimum atomic E-state index is 0.410. The molecular weight excluding hydrogens is 308 g/mol. The summed E-state index contributed by atoms with van der Waals surface area (Å²) in [5, 5.41) is 0. The fourth-order valence-electron chi connectivity index (χ4n) is 6.07. The molecule has 0 radical (unpaired) electrons. The first-order chi connectivity index (χ1) is 11.8. The molecule has 0 aromatic heterocycles. The molecule has 0 heterocycles. The van der Waals surface area contributed by atoms with Gasteiger partial charge < -0.3 is 9.47 Å². The molecule has 2 fully saturated rings. The largest absolute Gasteiger partial charge is 0.497 e. The monoisotopic (exact) mass is 344 g/mol. The van der Waals surface area contributed by atoms with Crippen LogP contribution in [-0.4, -0.2) is 13.7 Å². The van der Waals surface area contributed by atoms with Gasteiger partial charge in [-0.1, -0.05) is 34.1 Å². The average Bonchev–Trinajstić information content (AvgIpc) is 2.52. The molecule has 2 saturated carbocycles. The first-order valence-electron chi connectivity index (χ1n) is 10.0. The van der Waals surface area contributed by atoms with Gasteiger partial charge in [-0.3, -0.25) is 0 Å². The molecule has 0 saturated heterocycles. The van der Waals surface area contributed by atoms with Crippen molar-refractivity contribution in [3.05, 3.63) is 23.8 Å². The van der Waals surface area contributed by atoms with Gasteiger partial charge in [-0.2, -0.15) is 0 Å². The zero-order valence-electron chi connectivity index (χ0n) is 17.0. The standard InChI is InChI=1S/C23H36O2/c1-16-12-18(24-6)14-19(13-16)25-15-20-17(2)8-9-21-22(3,4)10-7-11-23(20,21)5/h12-14,17,20-21H,7-11,15H2,1-6H3/t17?,20-,21-,23+/m0/s1. The predicted molar refractivity (Wildman–Crippen MR) is 104 cm³/mol. The smallest absolute Gasteiger partial charge is 0.123 e. The van der Waals surface area contributed by atoms with Crippen LogP contribution >= 0.6 is 0 Å². The molecule has 2 aliphatic carbocycles. The van der Waals surface area contributed by atoms with E-state index >= 15 is 0 Å². The van der Waals surface area contributed by atoms with Gasteiger partial charge in [-0.05, 0) is 73.0 Å². The molecule has 2 nitrogen and oxygen atoms in total. The molecule has 1 aromatic rings. The van der Waals surface area contributed by atoms with Crippen molar-refractivity contribution in [3.63, 3.8) is 0 Å². The Balaban J connectivity index is 1.79. The van der Waals surface area contributed by atoms with E-state index in [0.29, 0.717) is 16.7 Å². The van der Waals surface area contributed by atoms with Crippen LogP contribution in [0.15, 0.2) is 18.2 Å². The minimum absolute atomic E-state index is 0.410. The third-order valence-electron chi connectivity index (χ3n) is 7.41. The first-order valence-corrected chi connectivity index (χ1v) is 10.0. The Hall–Kier alpha value is -1.18. The van der Waals surface area contributed by atoms with E-state index < -0.39 is 0 Å². The highest BCUT2D eigenvalue weighted by molar-refractivity contribution is 5.37. The summed E-state index contributed by atoms with van der Waals surface area (Å²) in [6.45, 7) is 12.9. The molecule has 140 valence electrons. The number of methoxy groups -OCH3 is 1. The molecule has 0 aliphatic heterocycles. The van der Waals surface area contributed by atoms with Crippen molar-refractivity contribution in [2.75, 3.05) is 13.7 Å². The van der Waals surface area contributed by atoms with Gasteiger partial charge in [0.2, 0.25) is 0 Å². The van der Waals surface area contributed by atoms with Gasteiger partial charge in [0, 0.05) is 12.0 Å². The fraction of sp³-hybridized carbons (Fsp3) is 0.739. The van der Waals surface area contributed by atoms with E-state index in [2.05, 4.69) is 46.8 Å². The summed E-state index contributed by atoms with van der Waals surface area (Å²) in [6.07, 6.45) is 6.83. The topological polar surface area (TPSA) is 18.5 Å². The highest BCUT2D eigenvalue weighted by atomic mass is 16.5. The summed E-state index contributed by atoms with van der Waals surface area (Å²) in [6, 6.07) is 6.20. The molecule has 0 bridgehead atoms. The van der Waals surface area contributed by atoms with Crippen LogP contribution in [-0.2, 0) is 0 Å². The average molecular weight is 345 g/mol. The van der Waals surface area contributed by atoms with Crippen molar-refractivity contribution < 1.29 is 9.47 Å².